The van der Waals surface area contributed by atoms with E-state index in [9.17, 15) is 14.7 Å². The summed E-state index contributed by atoms with van der Waals surface area (Å²) < 4.78 is 5.93. The van der Waals surface area contributed by atoms with Crippen molar-refractivity contribution in [2.75, 3.05) is 7.11 Å². The van der Waals surface area contributed by atoms with Crippen LogP contribution in [0.15, 0.2) is 54.6 Å². The Balaban J connectivity index is 1.61. The maximum absolute atomic E-state index is 12.4. The summed E-state index contributed by atoms with van der Waals surface area (Å²) in [5.74, 6) is -0.536. The Hall–Kier alpha value is -2.92. The molecule has 4 N–H and O–H groups in total. The molecule has 0 saturated carbocycles. The van der Waals surface area contributed by atoms with Gasteiger partial charge in [-0.15, -0.1) is 0 Å². The summed E-state index contributed by atoms with van der Waals surface area (Å²) in [5, 5.41) is 14.1. The molecule has 0 aliphatic carbocycles. The van der Waals surface area contributed by atoms with E-state index in [4.69, 9.17) is 17.0 Å². The van der Waals surface area contributed by atoms with Crippen LogP contribution in [0.5, 0.6) is 11.5 Å². The third-order valence-electron chi connectivity index (χ3n) is 4.04. The lowest BCUT2D eigenvalue weighted by molar-refractivity contribution is 0.0932. The fourth-order valence-corrected chi connectivity index (χ4v) is 3.48. The van der Waals surface area contributed by atoms with Crippen LogP contribution < -0.4 is 20.9 Å². The predicted octanol–water partition coefficient (Wildman–Crippen LogP) is 3.11. The lowest BCUT2D eigenvalue weighted by atomic mass is 10.1. The summed E-state index contributed by atoms with van der Waals surface area (Å²) in [6.45, 7) is 0. The number of benzene rings is 3. The first-order valence-electron chi connectivity index (χ1n) is 8.36. The summed E-state index contributed by atoms with van der Waals surface area (Å²) in [5.41, 5.74) is 5.29. The van der Waals surface area contributed by atoms with E-state index in [1.165, 1.54) is 6.07 Å². The SMILES string of the molecule is COc1ccc(C(=O)NC(=S)NNC(=O)c2cc3ccccc3cc2O)cc1I. The fraction of sp³-hybridized carbons (Fsp3) is 0.0500. The molecule has 0 fully saturated rings. The van der Waals surface area contributed by atoms with E-state index < -0.39 is 11.8 Å². The Kier molecular flexibility index (Phi) is 6.49. The quantitative estimate of drug-likeness (QED) is 0.240. The summed E-state index contributed by atoms with van der Waals surface area (Å²) >= 11 is 7.10. The van der Waals surface area contributed by atoms with E-state index in [1.54, 1.807) is 31.4 Å². The van der Waals surface area contributed by atoms with Gasteiger partial charge < -0.3 is 9.84 Å². The number of hydrogen-bond donors (Lipinski definition) is 4. The Labute approximate surface area is 185 Å². The second kappa shape index (κ2) is 9.05. The molecule has 3 rings (SSSR count). The van der Waals surface area contributed by atoms with E-state index in [-0.39, 0.29) is 16.4 Å². The van der Waals surface area contributed by atoms with Gasteiger partial charge in [0.15, 0.2) is 5.11 Å². The molecule has 0 aromatic heterocycles. The molecule has 0 aliphatic heterocycles. The summed E-state index contributed by atoms with van der Waals surface area (Å²) in [4.78, 5) is 24.7. The van der Waals surface area contributed by atoms with Crippen LogP contribution in [0.2, 0.25) is 0 Å². The number of aromatic hydroxyl groups is 1. The van der Waals surface area contributed by atoms with E-state index in [0.29, 0.717) is 11.3 Å². The van der Waals surface area contributed by atoms with Gasteiger partial charge in [0.25, 0.3) is 11.8 Å². The number of carbonyl (C=O) groups is 2. The number of nitrogens with one attached hydrogen (secondary N) is 3. The third kappa shape index (κ3) is 4.93. The van der Waals surface area contributed by atoms with Crippen molar-refractivity contribution in [2.45, 2.75) is 0 Å². The Morgan fingerprint density at radius 1 is 1.00 bits per heavy atom. The molecule has 3 aromatic rings. The van der Waals surface area contributed by atoms with Crippen LogP contribution in [0.3, 0.4) is 0 Å². The second-order valence-corrected chi connectivity index (χ2v) is 7.50. The highest BCUT2D eigenvalue weighted by Gasteiger charge is 2.14. The summed E-state index contributed by atoms with van der Waals surface area (Å²) in [6.07, 6.45) is 0. The minimum Gasteiger partial charge on any atom is -0.507 e. The molecule has 3 aromatic carbocycles. The van der Waals surface area contributed by atoms with Crippen molar-refractivity contribution in [1.29, 1.82) is 0 Å². The molecular formula is C20H16IN3O4S. The molecule has 9 heteroatoms. The first kappa shape index (κ1) is 20.8. The number of hydrogen-bond acceptors (Lipinski definition) is 5. The maximum Gasteiger partial charge on any atom is 0.273 e. The van der Waals surface area contributed by atoms with Crippen LogP contribution in [0.1, 0.15) is 20.7 Å². The number of halogens is 1. The molecule has 0 aliphatic rings. The minimum absolute atomic E-state index is 0.0787. The molecule has 7 nitrogen and oxygen atoms in total. The number of methoxy groups -OCH3 is 1. The van der Waals surface area contributed by atoms with Gasteiger partial charge in [-0.1, -0.05) is 24.3 Å². The number of carbonyl (C=O) groups excluding carboxylic acids is 2. The summed E-state index contributed by atoms with van der Waals surface area (Å²) in [7, 11) is 1.55. The van der Waals surface area contributed by atoms with Crippen molar-refractivity contribution < 1.29 is 19.4 Å². The molecule has 0 bridgehead atoms. The zero-order valence-corrected chi connectivity index (χ0v) is 18.1. The molecule has 0 unspecified atom stereocenters. The number of phenolic OH excluding ortho intramolecular Hbond substituents is 1. The number of rotatable bonds is 3. The van der Waals surface area contributed by atoms with Crippen molar-refractivity contribution in [1.82, 2.24) is 16.2 Å². The monoisotopic (exact) mass is 521 g/mol. The Morgan fingerprint density at radius 3 is 2.34 bits per heavy atom. The number of amides is 2. The van der Waals surface area contributed by atoms with E-state index in [2.05, 4.69) is 38.8 Å². The number of thiocarbonyl (C=S) groups is 1. The van der Waals surface area contributed by atoms with Gasteiger partial charge >= 0.3 is 0 Å². The number of ether oxygens (including phenoxy) is 1. The van der Waals surface area contributed by atoms with E-state index in [0.717, 1.165) is 14.3 Å². The van der Waals surface area contributed by atoms with Gasteiger partial charge in [-0.3, -0.25) is 25.8 Å². The molecule has 0 heterocycles. The van der Waals surface area contributed by atoms with Gasteiger partial charge in [-0.2, -0.15) is 0 Å². The lowest BCUT2D eigenvalue weighted by Gasteiger charge is -2.12. The Morgan fingerprint density at radius 2 is 1.69 bits per heavy atom. The number of fused-ring (bicyclic) bond motifs is 1. The maximum atomic E-state index is 12.4. The second-order valence-electron chi connectivity index (χ2n) is 5.93. The van der Waals surface area contributed by atoms with Crippen LogP contribution in [0, 0.1) is 3.57 Å². The van der Waals surface area contributed by atoms with Crippen LogP contribution in [0.4, 0.5) is 0 Å². The van der Waals surface area contributed by atoms with Gasteiger partial charge in [0.05, 0.1) is 16.2 Å². The van der Waals surface area contributed by atoms with Crippen molar-refractivity contribution in [3.8, 4) is 11.5 Å². The van der Waals surface area contributed by atoms with Gasteiger partial charge in [0.2, 0.25) is 0 Å². The van der Waals surface area contributed by atoms with Crippen molar-refractivity contribution in [3.05, 3.63) is 69.3 Å². The largest absolute Gasteiger partial charge is 0.507 e. The van der Waals surface area contributed by atoms with Crippen molar-refractivity contribution in [2.24, 2.45) is 0 Å². The topological polar surface area (TPSA) is 99.7 Å². The van der Waals surface area contributed by atoms with Gasteiger partial charge in [-0.25, -0.2) is 0 Å². The van der Waals surface area contributed by atoms with Gasteiger partial charge in [0.1, 0.15) is 11.5 Å². The normalized spacial score (nSPS) is 10.3. The highest BCUT2D eigenvalue weighted by atomic mass is 127. The highest BCUT2D eigenvalue weighted by Crippen LogP contribution is 2.24. The predicted molar refractivity (Wildman–Crippen MR) is 122 cm³/mol. The summed E-state index contributed by atoms with van der Waals surface area (Å²) in [6, 6.07) is 15.4. The van der Waals surface area contributed by atoms with Crippen LogP contribution >= 0.6 is 34.8 Å². The Bertz CT molecular complexity index is 1120. The van der Waals surface area contributed by atoms with Gasteiger partial charge in [-0.05, 0) is 75.9 Å². The van der Waals surface area contributed by atoms with Crippen LogP contribution in [-0.2, 0) is 0 Å². The lowest BCUT2D eigenvalue weighted by Crippen LogP contribution is -2.48. The molecule has 29 heavy (non-hydrogen) atoms. The molecule has 0 spiro atoms. The minimum atomic E-state index is -0.594. The average molecular weight is 521 g/mol. The molecule has 0 atom stereocenters. The molecule has 148 valence electrons. The van der Waals surface area contributed by atoms with Crippen molar-refractivity contribution >= 4 is 62.5 Å². The smallest absolute Gasteiger partial charge is 0.273 e. The number of phenols is 1. The first-order valence-corrected chi connectivity index (χ1v) is 9.84. The van der Waals surface area contributed by atoms with Crippen LogP contribution in [0.25, 0.3) is 10.8 Å². The first-order chi connectivity index (χ1) is 13.9. The molecule has 2 amide bonds. The van der Waals surface area contributed by atoms with Crippen LogP contribution in [-0.4, -0.2) is 29.1 Å². The average Bonchev–Trinajstić information content (AvgIpc) is 2.71. The zero-order chi connectivity index (χ0) is 21.0. The zero-order valence-electron chi connectivity index (χ0n) is 15.2. The fourth-order valence-electron chi connectivity index (χ4n) is 2.61. The molecular weight excluding hydrogens is 505 g/mol. The third-order valence-corrected chi connectivity index (χ3v) is 5.09. The molecule has 0 saturated heterocycles. The molecule has 0 radical (unpaired) electrons. The highest BCUT2D eigenvalue weighted by molar-refractivity contribution is 14.1. The van der Waals surface area contributed by atoms with E-state index in [1.807, 2.05) is 24.3 Å². The van der Waals surface area contributed by atoms with E-state index >= 15 is 0 Å². The van der Waals surface area contributed by atoms with Crippen molar-refractivity contribution in [3.63, 3.8) is 0 Å². The van der Waals surface area contributed by atoms with Gasteiger partial charge in [0, 0.05) is 5.56 Å². The standard InChI is InChI=1S/C20H16IN3O4S/c1-28-17-7-6-13(9-15(17)21)18(26)22-20(29)24-23-19(27)14-8-11-4-2-3-5-12(11)10-16(14)25/h2-10,25H,1H3,(H,23,27)(H2,22,24,26,29). The number of hydrazine groups is 1.